The number of para-hydroxylation sites is 1. The van der Waals surface area contributed by atoms with Crippen molar-refractivity contribution in [3.8, 4) is 0 Å². The average molecular weight is 405 g/mol. The molecule has 0 unspecified atom stereocenters. The molecule has 0 aliphatic carbocycles. The van der Waals surface area contributed by atoms with E-state index in [1.807, 2.05) is 60.4 Å². The number of anilines is 1. The van der Waals surface area contributed by atoms with Crippen LogP contribution in [0.2, 0.25) is 0 Å². The van der Waals surface area contributed by atoms with E-state index >= 15 is 0 Å². The smallest absolute Gasteiger partial charge is 0.231 e. The van der Waals surface area contributed by atoms with Crippen LogP contribution < -0.4 is 4.90 Å². The molecule has 2 aromatic rings. The van der Waals surface area contributed by atoms with E-state index in [4.69, 9.17) is 0 Å². The predicted molar refractivity (Wildman–Crippen MR) is 101 cm³/mol. The maximum Gasteiger partial charge on any atom is 0.231 e. The maximum atomic E-state index is 12.7. The minimum absolute atomic E-state index is 0.128. The zero-order chi connectivity index (χ0) is 15.9. The number of carbonyl (C=O) groups excluding carboxylic acids is 1. The van der Waals surface area contributed by atoms with E-state index in [2.05, 4.69) is 35.2 Å². The Morgan fingerprint density at radius 3 is 2.41 bits per heavy atom. The Hall–Kier alpha value is -1.62. The van der Waals surface area contributed by atoms with Gasteiger partial charge in [0, 0.05) is 15.8 Å². The number of benzene rings is 2. The lowest BCUT2D eigenvalue weighted by molar-refractivity contribution is -0.117. The Morgan fingerprint density at radius 2 is 1.77 bits per heavy atom. The van der Waals surface area contributed by atoms with Gasteiger partial charge in [-0.25, -0.2) is 0 Å². The van der Waals surface area contributed by atoms with Crippen molar-refractivity contribution in [2.24, 2.45) is 0 Å². The first kappa shape index (κ1) is 16.7. The van der Waals surface area contributed by atoms with Crippen molar-refractivity contribution in [2.45, 2.75) is 19.8 Å². The van der Waals surface area contributed by atoms with E-state index in [9.17, 15) is 4.79 Å². The Balaban J connectivity index is 2.26. The average Bonchev–Trinajstić information content (AvgIpc) is 2.52. The molecule has 3 heteroatoms. The van der Waals surface area contributed by atoms with Crippen LogP contribution in [-0.2, 0) is 17.6 Å². The van der Waals surface area contributed by atoms with E-state index in [0.717, 1.165) is 26.8 Å². The predicted octanol–water partition coefficient (Wildman–Crippen LogP) is 4.62. The van der Waals surface area contributed by atoms with Crippen LogP contribution in [0.15, 0.2) is 61.2 Å². The van der Waals surface area contributed by atoms with Crippen molar-refractivity contribution >= 4 is 34.2 Å². The Bertz CT molecular complexity index is 666. The van der Waals surface area contributed by atoms with E-state index in [-0.39, 0.29) is 5.91 Å². The van der Waals surface area contributed by atoms with Gasteiger partial charge in [-0.2, -0.15) is 0 Å². The summed E-state index contributed by atoms with van der Waals surface area (Å²) in [6.07, 6.45) is 3.06. The molecule has 0 saturated carbocycles. The van der Waals surface area contributed by atoms with Crippen molar-refractivity contribution in [1.29, 1.82) is 0 Å². The summed E-state index contributed by atoms with van der Waals surface area (Å²) in [5.41, 5.74) is 3.20. The fourth-order valence-corrected chi connectivity index (χ4v) is 3.06. The normalized spacial score (nSPS) is 10.3. The number of hydrogen-bond acceptors (Lipinski definition) is 1. The number of rotatable bonds is 6. The third-order valence-corrected chi connectivity index (χ3v) is 4.62. The van der Waals surface area contributed by atoms with Crippen LogP contribution in [0.25, 0.3) is 0 Å². The number of allylic oxidation sites excluding steroid dienone is 1. The maximum absolute atomic E-state index is 12.7. The molecule has 0 aliphatic heterocycles. The van der Waals surface area contributed by atoms with Crippen LogP contribution in [0.4, 0.5) is 5.69 Å². The molecule has 0 N–H and O–H groups in total. The van der Waals surface area contributed by atoms with Gasteiger partial charge in [0.2, 0.25) is 5.91 Å². The quantitative estimate of drug-likeness (QED) is 0.508. The minimum Gasteiger partial charge on any atom is -0.312 e. The Labute approximate surface area is 146 Å². The molecule has 2 rings (SSSR count). The summed E-state index contributed by atoms with van der Waals surface area (Å²) in [6.45, 7) is 6.48. The lowest BCUT2D eigenvalue weighted by atomic mass is 10.1. The molecule has 114 valence electrons. The molecule has 0 spiro atoms. The van der Waals surface area contributed by atoms with Gasteiger partial charge in [-0.05, 0) is 59.2 Å². The minimum atomic E-state index is 0.128. The first-order valence-electron chi connectivity index (χ1n) is 7.40. The molecule has 0 atom stereocenters. The molecule has 1 amide bonds. The summed E-state index contributed by atoms with van der Waals surface area (Å²) >= 11 is 2.28. The molecule has 0 saturated heterocycles. The van der Waals surface area contributed by atoms with Gasteiger partial charge in [0.05, 0.1) is 6.42 Å². The van der Waals surface area contributed by atoms with Gasteiger partial charge in [0.25, 0.3) is 0 Å². The van der Waals surface area contributed by atoms with Crippen LogP contribution in [0.1, 0.15) is 18.1 Å². The highest BCUT2D eigenvalue weighted by Gasteiger charge is 2.17. The van der Waals surface area contributed by atoms with Gasteiger partial charge in [-0.15, -0.1) is 6.58 Å². The number of amides is 1. The van der Waals surface area contributed by atoms with Gasteiger partial charge in [-0.1, -0.05) is 42.5 Å². The first-order valence-corrected chi connectivity index (χ1v) is 8.47. The molecule has 2 nitrogen and oxygen atoms in total. The second kappa shape index (κ2) is 8.13. The van der Waals surface area contributed by atoms with E-state index in [0.29, 0.717) is 13.0 Å². The molecule has 0 heterocycles. The molecular formula is C19H20INO. The standard InChI is InChI=1S/C19H20INO/c1-3-9-15-10-6-8-13-18(15)21(4-2)19(22)14-16-11-5-7-12-17(16)20/h3,5-8,10-13H,1,4,9,14H2,2H3. The third kappa shape index (κ3) is 3.97. The Kier molecular flexibility index (Phi) is 6.19. The fraction of sp³-hybridized carbons (Fsp3) is 0.211. The van der Waals surface area contributed by atoms with E-state index in [1.54, 1.807) is 0 Å². The molecule has 0 fully saturated rings. The van der Waals surface area contributed by atoms with Crippen LogP contribution in [0, 0.1) is 3.57 Å². The number of halogens is 1. The van der Waals surface area contributed by atoms with Crippen molar-refractivity contribution in [2.75, 3.05) is 11.4 Å². The van der Waals surface area contributed by atoms with Gasteiger partial charge in [0.15, 0.2) is 0 Å². The summed E-state index contributed by atoms with van der Waals surface area (Å²) in [5.74, 6) is 0.128. The van der Waals surface area contributed by atoms with Gasteiger partial charge < -0.3 is 4.90 Å². The topological polar surface area (TPSA) is 20.3 Å². The van der Waals surface area contributed by atoms with E-state index in [1.165, 1.54) is 0 Å². The summed E-state index contributed by atoms with van der Waals surface area (Å²) in [6, 6.07) is 16.1. The van der Waals surface area contributed by atoms with E-state index < -0.39 is 0 Å². The molecule has 2 aromatic carbocycles. The molecule has 22 heavy (non-hydrogen) atoms. The summed E-state index contributed by atoms with van der Waals surface area (Å²) in [4.78, 5) is 14.6. The van der Waals surface area contributed by atoms with Gasteiger partial charge in [0.1, 0.15) is 0 Å². The van der Waals surface area contributed by atoms with Crippen molar-refractivity contribution in [1.82, 2.24) is 0 Å². The molecule has 0 radical (unpaired) electrons. The third-order valence-electron chi connectivity index (χ3n) is 3.56. The zero-order valence-corrected chi connectivity index (χ0v) is 14.9. The lowest BCUT2D eigenvalue weighted by Gasteiger charge is -2.24. The van der Waals surface area contributed by atoms with Gasteiger partial charge >= 0.3 is 0 Å². The summed E-state index contributed by atoms with van der Waals surface area (Å²) in [7, 11) is 0. The highest BCUT2D eigenvalue weighted by Crippen LogP contribution is 2.23. The molecule has 0 bridgehead atoms. The lowest BCUT2D eigenvalue weighted by Crippen LogP contribution is -2.33. The van der Waals surface area contributed by atoms with Crippen LogP contribution >= 0.6 is 22.6 Å². The van der Waals surface area contributed by atoms with Crippen LogP contribution in [0.3, 0.4) is 0 Å². The highest BCUT2D eigenvalue weighted by molar-refractivity contribution is 14.1. The van der Waals surface area contributed by atoms with Gasteiger partial charge in [-0.3, -0.25) is 4.79 Å². The molecular weight excluding hydrogens is 385 g/mol. The fourth-order valence-electron chi connectivity index (χ4n) is 2.48. The zero-order valence-electron chi connectivity index (χ0n) is 12.8. The number of hydrogen-bond donors (Lipinski definition) is 0. The SMILES string of the molecule is C=CCc1ccccc1N(CC)C(=O)Cc1ccccc1I. The van der Waals surface area contributed by atoms with Crippen LogP contribution in [0.5, 0.6) is 0 Å². The first-order chi connectivity index (χ1) is 10.7. The summed E-state index contributed by atoms with van der Waals surface area (Å²) < 4.78 is 1.13. The number of likely N-dealkylation sites (N-methyl/N-ethyl adjacent to an activating group) is 1. The van der Waals surface area contributed by atoms with Crippen molar-refractivity contribution in [3.05, 3.63) is 75.9 Å². The van der Waals surface area contributed by atoms with Crippen molar-refractivity contribution < 1.29 is 4.79 Å². The second-order valence-corrected chi connectivity index (χ2v) is 6.19. The Morgan fingerprint density at radius 1 is 1.14 bits per heavy atom. The molecule has 0 aromatic heterocycles. The monoisotopic (exact) mass is 405 g/mol. The second-order valence-electron chi connectivity index (χ2n) is 5.03. The summed E-state index contributed by atoms with van der Waals surface area (Å²) in [5, 5.41) is 0. The molecule has 0 aliphatic rings. The number of nitrogens with zero attached hydrogens (tertiary/aromatic N) is 1. The number of carbonyl (C=O) groups is 1. The highest BCUT2D eigenvalue weighted by atomic mass is 127. The van der Waals surface area contributed by atoms with Crippen LogP contribution in [-0.4, -0.2) is 12.5 Å². The van der Waals surface area contributed by atoms with Crippen molar-refractivity contribution in [3.63, 3.8) is 0 Å². The largest absolute Gasteiger partial charge is 0.312 e.